The van der Waals surface area contributed by atoms with Crippen LogP contribution < -0.4 is 10.6 Å². The van der Waals surface area contributed by atoms with Crippen molar-refractivity contribution in [3.05, 3.63) is 72.5 Å². The Morgan fingerprint density at radius 2 is 2.19 bits per heavy atom. The van der Waals surface area contributed by atoms with Gasteiger partial charge in [-0.15, -0.1) is 24.0 Å². The van der Waals surface area contributed by atoms with Gasteiger partial charge in [-0.05, 0) is 36.8 Å². The molecule has 0 radical (unpaired) electrons. The van der Waals surface area contributed by atoms with Crippen LogP contribution in [0.1, 0.15) is 18.2 Å². The number of hydrogen-bond donors (Lipinski definition) is 2. The van der Waals surface area contributed by atoms with Crippen LogP contribution in [0.25, 0.3) is 5.69 Å². The number of imidazole rings is 1. The predicted octanol–water partition coefficient (Wildman–Crippen LogP) is 3.52. The molecule has 0 fully saturated rings. The second-order valence-corrected chi connectivity index (χ2v) is 5.71. The summed E-state index contributed by atoms with van der Waals surface area (Å²) in [4.78, 5) is 8.45. The molecule has 2 aromatic heterocycles. The third-order valence-electron chi connectivity index (χ3n) is 3.80. The van der Waals surface area contributed by atoms with E-state index in [4.69, 9.17) is 4.42 Å². The van der Waals surface area contributed by atoms with Crippen LogP contribution in [-0.2, 0) is 13.0 Å². The Morgan fingerprint density at radius 1 is 1.30 bits per heavy atom. The smallest absolute Gasteiger partial charge is 0.191 e. The average molecular weight is 483 g/mol. The summed E-state index contributed by atoms with van der Waals surface area (Å²) in [6.07, 6.45) is 7.34. The largest absolute Gasteiger partial charge is 0.469 e. The minimum Gasteiger partial charge on any atom is -0.469 e. The van der Waals surface area contributed by atoms with Crippen LogP contribution in [0.4, 0.5) is 4.39 Å². The van der Waals surface area contributed by atoms with Crippen LogP contribution in [0.15, 0.2) is 64.7 Å². The number of nitrogens with zero attached hydrogens (tertiary/aromatic N) is 3. The molecule has 1 aromatic carbocycles. The standard InChI is InChI=1S/C19H22FN5O.HI/c1-2-22-19(23-8-7-16-4-3-11-26-16)24-13-15-5-6-18(17(20)12-15)25-10-9-21-14-25;/h3-6,9-12,14H,2,7-8,13H2,1H3,(H2,22,23,24);1H. The van der Waals surface area contributed by atoms with E-state index in [2.05, 4.69) is 20.6 Å². The lowest BCUT2D eigenvalue weighted by Gasteiger charge is -2.11. The summed E-state index contributed by atoms with van der Waals surface area (Å²) in [6.45, 7) is 3.84. The SMILES string of the molecule is CCNC(=NCc1ccc(-n2ccnc2)c(F)c1)NCCc1ccco1.I. The van der Waals surface area contributed by atoms with Crippen LogP contribution >= 0.6 is 24.0 Å². The Bertz CT molecular complexity index is 834. The van der Waals surface area contributed by atoms with E-state index in [-0.39, 0.29) is 29.8 Å². The Morgan fingerprint density at radius 3 is 2.85 bits per heavy atom. The van der Waals surface area contributed by atoms with Crippen LogP contribution in [0.2, 0.25) is 0 Å². The number of aromatic nitrogens is 2. The molecule has 0 spiro atoms. The van der Waals surface area contributed by atoms with Crippen molar-refractivity contribution in [1.82, 2.24) is 20.2 Å². The van der Waals surface area contributed by atoms with Gasteiger partial charge in [0.05, 0.1) is 24.8 Å². The molecule has 0 aliphatic carbocycles. The van der Waals surface area contributed by atoms with Crippen LogP contribution in [0.3, 0.4) is 0 Å². The zero-order chi connectivity index (χ0) is 18.2. The highest BCUT2D eigenvalue weighted by molar-refractivity contribution is 14.0. The van der Waals surface area contributed by atoms with Crippen molar-refractivity contribution in [2.24, 2.45) is 4.99 Å². The van der Waals surface area contributed by atoms with Gasteiger partial charge < -0.3 is 19.6 Å². The normalized spacial score (nSPS) is 11.1. The highest BCUT2D eigenvalue weighted by Gasteiger charge is 2.06. The molecule has 8 heteroatoms. The molecule has 27 heavy (non-hydrogen) atoms. The molecule has 0 bridgehead atoms. The molecule has 0 unspecified atom stereocenters. The Kier molecular flexibility index (Phi) is 8.31. The topological polar surface area (TPSA) is 67.4 Å². The summed E-state index contributed by atoms with van der Waals surface area (Å²) in [6, 6.07) is 8.92. The summed E-state index contributed by atoms with van der Waals surface area (Å²) in [5.41, 5.74) is 1.27. The first-order chi connectivity index (χ1) is 12.8. The molecular weight excluding hydrogens is 460 g/mol. The molecule has 3 rings (SSSR count). The van der Waals surface area contributed by atoms with Crippen LogP contribution in [-0.4, -0.2) is 28.6 Å². The van der Waals surface area contributed by atoms with Gasteiger partial charge in [-0.1, -0.05) is 6.07 Å². The van der Waals surface area contributed by atoms with Crippen LogP contribution in [0, 0.1) is 5.82 Å². The van der Waals surface area contributed by atoms with Gasteiger partial charge in [0.1, 0.15) is 11.6 Å². The summed E-state index contributed by atoms with van der Waals surface area (Å²) in [5.74, 6) is 1.31. The summed E-state index contributed by atoms with van der Waals surface area (Å²) >= 11 is 0. The quantitative estimate of drug-likeness (QED) is 0.307. The van der Waals surface area contributed by atoms with E-state index in [0.717, 1.165) is 24.3 Å². The van der Waals surface area contributed by atoms with Crippen molar-refractivity contribution < 1.29 is 8.81 Å². The predicted molar refractivity (Wildman–Crippen MR) is 114 cm³/mol. The molecule has 0 amide bonds. The number of aliphatic imine (C=N–C) groups is 1. The van der Waals surface area contributed by atoms with Crippen molar-refractivity contribution in [2.75, 3.05) is 13.1 Å². The van der Waals surface area contributed by atoms with E-state index in [1.54, 1.807) is 35.6 Å². The molecule has 3 aromatic rings. The molecule has 0 aliphatic heterocycles. The zero-order valence-corrected chi connectivity index (χ0v) is 17.4. The molecule has 2 N–H and O–H groups in total. The minimum atomic E-state index is -0.300. The number of guanidine groups is 1. The third kappa shape index (κ3) is 6.09. The lowest BCUT2D eigenvalue weighted by Crippen LogP contribution is -2.38. The Labute approximate surface area is 174 Å². The number of nitrogens with one attached hydrogen (secondary N) is 2. The van der Waals surface area contributed by atoms with Crippen molar-refractivity contribution in [1.29, 1.82) is 0 Å². The van der Waals surface area contributed by atoms with Crippen molar-refractivity contribution in [3.63, 3.8) is 0 Å². The lowest BCUT2D eigenvalue weighted by atomic mass is 10.2. The Hall–Kier alpha value is -2.36. The van der Waals surface area contributed by atoms with E-state index in [0.29, 0.717) is 24.7 Å². The van der Waals surface area contributed by atoms with Gasteiger partial charge in [0, 0.05) is 31.9 Å². The molecule has 0 saturated carbocycles. The van der Waals surface area contributed by atoms with Gasteiger partial charge >= 0.3 is 0 Å². The third-order valence-corrected chi connectivity index (χ3v) is 3.80. The maximum absolute atomic E-state index is 14.3. The second kappa shape index (κ2) is 10.7. The molecule has 2 heterocycles. The summed E-state index contributed by atoms with van der Waals surface area (Å²) in [7, 11) is 0. The molecular formula is C19H23FIN5O. The number of halogens is 2. The fourth-order valence-electron chi connectivity index (χ4n) is 2.53. The number of furan rings is 1. The van der Waals surface area contributed by atoms with Crippen molar-refractivity contribution >= 4 is 29.9 Å². The van der Waals surface area contributed by atoms with Gasteiger partial charge in [-0.2, -0.15) is 0 Å². The zero-order valence-electron chi connectivity index (χ0n) is 15.1. The van der Waals surface area contributed by atoms with Crippen LogP contribution in [0.5, 0.6) is 0 Å². The van der Waals surface area contributed by atoms with Gasteiger partial charge in [0.15, 0.2) is 5.96 Å². The van der Waals surface area contributed by atoms with Gasteiger partial charge in [0.25, 0.3) is 0 Å². The first-order valence-electron chi connectivity index (χ1n) is 8.57. The van der Waals surface area contributed by atoms with E-state index in [1.807, 2.05) is 25.1 Å². The van der Waals surface area contributed by atoms with Gasteiger partial charge in [-0.3, -0.25) is 0 Å². The number of rotatable bonds is 7. The van der Waals surface area contributed by atoms with Gasteiger partial charge in [0.2, 0.25) is 0 Å². The van der Waals surface area contributed by atoms with E-state index in [9.17, 15) is 4.39 Å². The molecule has 144 valence electrons. The Balaban J connectivity index is 0.00000261. The van der Waals surface area contributed by atoms with Crippen molar-refractivity contribution in [3.8, 4) is 5.69 Å². The van der Waals surface area contributed by atoms with Gasteiger partial charge in [-0.25, -0.2) is 14.4 Å². The summed E-state index contributed by atoms with van der Waals surface area (Å²) in [5, 5.41) is 6.43. The fraction of sp³-hybridized carbons (Fsp3) is 0.263. The average Bonchev–Trinajstić information content (AvgIpc) is 3.33. The van der Waals surface area contributed by atoms with E-state index < -0.39 is 0 Å². The molecule has 0 atom stereocenters. The highest BCUT2D eigenvalue weighted by atomic mass is 127. The maximum atomic E-state index is 14.3. The number of benzene rings is 1. The fourth-order valence-corrected chi connectivity index (χ4v) is 2.53. The highest BCUT2D eigenvalue weighted by Crippen LogP contribution is 2.15. The molecule has 6 nitrogen and oxygen atoms in total. The van der Waals surface area contributed by atoms with Crippen molar-refractivity contribution in [2.45, 2.75) is 19.9 Å². The first kappa shape index (κ1) is 20.9. The van der Waals surface area contributed by atoms with E-state index in [1.165, 1.54) is 6.07 Å². The van der Waals surface area contributed by atoms with E-state index >= 15 is 0 Å². The second-order valence-electron chi connectivity index (χ2n) is 5.71. The maximum Gasteiger partial charge on any atom is 0.191 e. The first-order valence-corrected chi connectivity index (χ1v) is 8.57. The molecule has 0 aliphatic rings. The summed E-state index contributed by atoms with van der Waals surface area (Å²) < 4.78 is 21.3. The lowest BCUT2D eigenvalue weighted by molar-refractivity contribution is 0.507. The monoisotopic (exact) mass is 483 g/mol. The minimum absolute atomic E-state index is 0. The molecule has 0 saturated heterocycles. The number of hydrogen-bond acceptors (Lipinski definition) is 3.